The van der Waals surface area contributed by atoms with E-state index in [0.29, 0.717) is 39.9 Å². The number of anilines is 1. The smallest absolute Gasteiger partial charge is 0.338 e. The number of esters is 1. The van der Waals surface area contributed by atoms with Crippen LogP contribution >= 0.6 is 11.6 Å². The summed E-state index contributed by atoms with van der Waals surface area (Å²) in [6, 6.07) is 9.97. The lowest BCUT2D eigenvalue weighted by molar-refractivity contribution is 0.0526. The molecule has 1 aromatic carbocycles. The van der Waals surface area contributed by atoms with Crippen molar-refractivity contribution >= 4 is 34.8 Å². The number of nitrogens with one attached hydrogen (secondary N) is 1. The summed E-state index contributed by atoms with van der Waals surface area (Å²) in [4.78, 5) is 28.6. The van der Waals surface area contributed by atoms with Crippen LogP contribution in [-0.2, 0) is 4.74 Å². The molecule has 0 saturated heterocycles. The van der Waals surface area contributed by atoms with E-state index in [9.17, 15) is 9.59 Å². The molecule has 1 N–H and O–H groups in total. The topological polar surface area (TPSA) is 72.7 Å². The van der Waals surface area contributed by atoms with E-state index in [0.717, 1.165) is 0 Å². The van der Waals surface area contributed by atoms with Crippen molar-refractivity contribution < 1.29 is 14.3 Å². The van der Waals surface area contributed by atoms with Crippen molar-refractivity contribution in [1.29, 1.82) is 0 Å². The zero-order chi connectivity index (χ0) is 18.0. The Balaban J connectivity index is 1.84. The van der Waals surface area contributed by atoms with Gasteiger partial charge in [0.15, 0.2) is 0 Å². The first kappa shape index (κ1) is 17.0. The summed E-state index contributed by atoms with van der Waals surface area (Å²) in [6.45, 7) is 3.82. The zero-order valence-electron chi connectivity index (χ0n) is 13.7. The highest BCUT2D eigenvalue weighted by molar-refractivity contribution is 6.30. The highest BCUT2D eigenvalue weighted by atomic mass is 35.5. The fraction of sp³-hybridized carbons (Fsp3) is 0.167. The minimum atomic E-state index is -0.396. The second-order valence-electron chi connectivity index (χ2n) is 5.37. The molecular formula is C18H16ClN3O3. The monoisotopic (exact) mass is 357 g/mol. The number of nitrogens with zero attached hydrogens (tertiary/aromatic N) is 2. The van der Waals surface area contributed by atoms with Gasteiger partial charge in [0.2, 0.25) is 0 Å². The van der Waals surface area contributed by atoms with E-state index in [1.54, 1.807) is 60.8 Å². The van der Waals surface area contributed by atoms with E-state index in [1.807, 2.05) is 0 Å². The van der Waals surface area contributed by atoms with Crippen molar-refractivity contribution in [3.8, 4) is 0 Å². The lowest BCUT2D eigenvalue weighted by atomic mass is 10.2. The van der Waals surface area contributed by atoms with Gasteiger partial charge < -0.3 is 10.1 Å². The lowest BCUT2D eigenvalue weighted by Crippen LogP contribution is -2.15. The Morgan fingerprint density at radius 1 is 1.20 bits per heavy atom. The van der Waals surface area contributed by atoms with Gasteiger partial charge in [0, 0.05) is 11.9 Å². The first-order valence-corrected chi connectivity index (χ1v) is 8.10. The van der Waals surface area contributed by atoms with Crippen LogP contribution in [0.1, 0.15) is 33.5 Å². The van der Waals surface area contributed by atoms with E-state index in [-0.39, 0.29) is 5.91 Å². The van der Waals surface area contributed by atoms with Crippen LogP contribution in [0.2, 0.25) is 5.02 Å². The number of rotatable bonds is 4. The molecule has 0 aliphatic carbocycles. The summed E-state index contributed by atoms with van der Waals surface area (Å²) in [7, 11) is 0. The number of imidazole rings is 1. The van der Waals surface area contributed by atoms with Crippen LogP contribution in [0, 0.1) is 6.92 Å². The molecule has 6 nitrogen and oxygen atoms in total. The number of carbonyl (C=O) groups excluding carboxylic acids is 2. The molecule has 2 aromatic heterocycles. The third kappa shape index (κ3) is 3.49. The predicted molar refractivity (Wildman–Crippen MR) is 95.3 cm³/mol. The highest BCUT2D eigenvalue weighted by Crippen LogP contribution is 2.18. The van der Waals surface area contributed by atoms with Crippen LogP contribution in [-0.4, -0.2) is 27.9 Å². The van der Waals surface area contributed by atoms with Crippen LogP contribution in [0.15, 0.2) is 42.6 Å². The molecule has 0 radical (unpaired) electrons. The number of aromatic nitrogens is 2. The summed E-state index contributed by atoms with van der Waals surface area (Å²) >= 11 is 6.01. The molecule has 0 aliphatic rings. The standard InChI is InChI=1S/C18H16ClN3O3/c1-3-25-18(24)12-4-7-14(8-5-12)21-17(23)16-11(2)20-15-9-6-13(19)10-22(15)16/h4-10H,3H2,1-2H3,(H,21,23). The molecule has 3 aromatic rings. The summed E-state index contributed by atoms with van der Waals surface area (Å²) in [5.74, 6) is -0.705. The molecule has 7 heteroatoms. The minimum Gasteiger partial charge on any atom is -0.462 e. The second kappa shape index (κ2) is 6.94. The molecule has 2 heterocycles. The van der Waals surface area contributed by atoms with Gasteiger partial charge in [0.1, 0.15) is 11.3 Å². The number of halogens is 1. The van der Waals surface area contributed by atoms with Gasteiger partial charge in [-0.05, 0) is 50.2 Å². The first-order valence-electron chi connectivity index (χ1n) is 7.72. The molecule has 0 atom stereocenters. The summed E-state index contributed by atoms with van der Waals surface area (Å²) < 4.78 is 6.59. The third-order valence-corrected chi connectivity index (χ3v) is 3.85. The number of aryl methyl sites for hydroxylation is 1. The molecule has 0 unspecified atom stereocenters. The second-order valence-corrected chi connectivity index (χ2v) is 5.81. The van der Waals surface area contributed by atoms with Crippen molar-refractivity contribution in [1.82, 2.24) is 9.38 Å². The van der Waals surface area contributed by atoms with Crippen molar-refractivity contribution in [3.63, 3.8) is 0 Å². The van der Waals surface area contributed by atoms with E-state index in [2.05, 4.69) is 10.3 Å². The Morgan fingerprint density at radius 2 is 1.92 bits per heavy atom. The number of ether oxygens (including phenoxy) is 1. The Morgan fingerprint density at radius 3 is 2.60 bits per heavy atom. The van der Waals surface area contributed by atoms with Gasteiger partial charge in [-0.3, -0.25) is 9.20 Å². The highest BCUT2D eigenvalue weighted by Gasteiger charge is 2.17. The maximum Gasteiger partial charge on any atom is 0.338 e. The van der Waals surface area contributed by atoms with Gasteiger partial charge in [0.25, 0.3) is 5.91 Å². The Bertz CT molecular complexity index is 948. The molecule has 0 saturated carbocycles. The number of hydrogen-bond donors (Lipinski definition) is 1. The average Bonchev–Trinajstić information content (AvgIpc) is 2.90. The van der Waals surface area contributed by atoms with Crippen LogP contribution in [0.5, 0.6) is 0 Å². The van der Waals surface area contributed by atoms with Gasteiger partial charge in [-0.1, -0.05) is 11.6 Å². The number of carbonyl (C=O) groups is 2. The predicted octanol–water partition coefficient (Wildman–Crippen LogP) is 3.73. The van der Waals surface area contributed by atoms with Gasteiger partial charge >= 0.3 is 5.97 Å². The van der Waals surface area contributed by atoms with Gasteiger partial charge in [-0.2, -0.15) is 0 Å². The third-order valence-electron chi connectivity index (χ3n) is 3.63. The largest absolute Gasteiger partial charge is 0.462 e. The molecular weight excluding hydrogens is 342 g/mol. The summed E-state index contributed by atoms with van der Waals surface area (Å²) in [5, 5.41) is 3.31. The summed E-state index contributed by atoms with van der Waals surface area (Å²) in [6.07, 6.45) is 1.65. The number of hydrogen-bond acceptors (Lipinski definition) is 4. The van der Waals surface area contributed by atoms with Crippen LogP contribution in [0.25, 0.3) is 5.65 Å². The van der Waals surface area contributed by atoms with Gasteiger partial charge in [-0.15, -0.1) is 0 Å². The first-order chi connectivity index (χ1) is 12.0. The number of pyridine rings is 1. The Kier molecular flexibility index (Phi) is 4.72. The zero-order valence-corrected chi connectivity index (χ0v) is 14.5. The molecule has 0 fully saturated rings. The normalized spacial score (nSPS) is 10.7. The number of amides is 1. The molecule has 0 aliphatic heterocycles. The van der Waals surface area contributed by atoms with Crippen molar-refractivity contribution in [2.75, 3.05) is 11.9 Å². The number of fused-ring (bicyclic) bond motifs is 1. The van der Waals surface area contributed by atoms with E-state index < -0.39 is 5.97 Å². The van der Waals surface area contributed by atoms with Gasteiger partial charge in [-0.25, -0.2) is 9.78 Å². The Labute approximate surface area is 149 Å². The van der Waals surface area contributed by atoms with E-state index in [4.69, 9.17) is 16.3 Å². The maximum atomic E-state index is 12.6. The van der Waals surface area contributed by atoms with Gasteiger partial charge in [0.05, 0.1) is 22.9 Å². The Hall–Kier alpha value is -2.86. The molecule has 0 bridgehead atoms. The van der Waals surface area contributed by atoms with Crippen molar-refractivity contribution in [3.05, 3.63) is 64.6 Å². The minimum absolute atomic E-state index is 0.309. The van der Waals surface area contributed by atoms with Crippen LogP contribution in [0.3, 0.4) is 0 Å². The fourth-order valence-corrected chi connectivity index (χ4v) is 2.66. The van der Waals surface area contributed by atoms with Crippen LogP contribution < -0.4 is 5.32 Å². The molecule has 25 heavy (non-hydrogen) atoms. The molecule has 3 rings (SSSR count). The SMILES string of the molecule is CCOC(=O)c1ccc(NC(=O)c2c(C)nc3ccc(Cl)cn23)cc1. The molecule has 0 spiro atoms. The van der Waals surface area contributed by atoms with Crippen LogP contribution in [0.4, 0.5) is 5.69 Å². The number of benzene rings is 1. The van der Waals surface area contributed by atoms with Crippen molar-refractivity contribution in [2.45, 2.75) is 13.8 Å². The lowest BCUT2D eigenvalue weighted by Gasteiger charge is -2.07. The fourth-order valence-electron chi connectivity index (χ4n) is 2.50. The summed E-state index contributed by atoms with van der Waals surface area (Å²) in [5.41, 5.74) is 2.65. The molecule has 128 valence electrons. The quantitative estimate of drug-likeness (QED) is 0.722. The van der Waals surface area contributed by atoms with Crippen molar-refractivity contribution in [2.24, 2.45) is 0 Å². The average molecular weight is 358 g/mol. The van der Waals surface area contributed by atoms with E-state index in [1.165, 1.54) is 0 Å². The molecule has 1 amide bonds. The van der Waals surface area contributed by atoms with E-state index >= 15 is 0 Å². The maximum absolute atomic E-state index is 12.6.